The smallest absolute Gasteiger partial charge is 0.747 e. The van der Waals surface area contributed by atoms with Crippen molar-refractivity contribution in [1.82, 2.24) is 0 Å². The molecule has 0 N–H and O–H groups in total. The third kappa shape index (κ3) is 14.7. The van der Waals surface area contributed by atoms with E-state index in [0.717, 1.165) is 19.3 Å². The Bertz CT molecular complexity index is 505. The maximum Gasteiger partial charge on any atom is 1.00 e. The van der Waals surface area contributed by atoms with Gasteiger partial charge >= 0.3 is 41.5 Å². The summed E-state index contributed by atoms with van der Waals surface area (Å²) in [7, 11) is -4.99. The summed E-state index contributed by atoms with van der Waals surface area (Å²) in [5, 5.41) is -2.06. The van der Waals surface area contributed by atoms with E-state index in [2.05, 4.69) is 13.5 Å². The number of esters is 2. The van der Waals surface area contributed by atoms with E-state index in [0.29, 0.717) is 12.8 Å². The predicted octanol–water partition coefficient (Wildman–Crippen LogP) is -0.293. The van der Waals surface area contributed by atoms with E-state index in [1.165, 1.54) is 25.3 Å². The summed E-state index contributed by atoms with van der Waals surface area (Å²) in [6.45, 7) is 5.63. The molecule has 0 bridgehead atoms. The number of carbonyl (C=O) groups is 2. The molecule has 0 radical (unpaired) electrons. The molecule has 9 heteroatoms. The van der Waals surface area contributed by atoms with Gasteiger partial charge < -0.3 is 14.0 Å². The molecule has 0 heterocycles. The number of hydrogen-bond acceptors (Lipinski definition) is 7. The van der Waals surface area contributed by atoms with Crippen LogP contribution in [0.3, 0.4) is 0 Å². The van der Waals surface area contributed by atoms with Gasteiger partial charge in [-0.2, -0.15) is 0 Å². The van der Waals surface area contributed by atoms with E-state index in [1.54, 1.807) is 0 Å². The molecule has 0 aliphatic carbocycles. The number of unbranched alkanes of at least 4 members (excludes halogenated alkanes) is 6. The molecule has 0 aromatic heterocycles. The minimum absolute atomic E-state index is 0. The van der Waals surface area contributed by atoms with Crippen LogP contribution in [0.2, 0.25) is 0 Å². The van der Waals surface area contributed by atoms with Crippen LogP contribution in [0.1, 0.15) is 64.7 Å². The molecule has 0 aromatic carbocycles. The molecular weight excluding hydrogens is 371 g/mol. The van der Waals surface area contributed by atoms with Gasteiger partial charge in [-0.25, -0.2) is 8.42 Å². The van der Waals surface area contributed by atoms with Crippen molar-refractivity contribution in [1.29, 1.82) is 0 Å². The van der Waals surface area contributed by atoms with Crippen LogP contribution in [-0.2, 0) is 29.2 Å². The van der Waals surface area contributed by atoms with Gasteiger partial charge in [0.05, 0.1) is 19.6 Å². The summed E-state index contributed by atoms with van der Waals surface area (Å²) in [5.41, 5.74) is 0. The second-order valence-electron chi connectivity index (χ2n) is 5.77. The zero-order valence-corrected chi connectivity index (χ0v) is 18.7. The van der Waals surface area contributed by atoms with Crippen LogP contribution in [0.5, 0.6) is 0 Å². The van der Waals surface area contributed by atoms with E-state index in [-0.39, 0.29) is 42.8 Å². The van der Waals surface area contributed by atoms with Crippen molar-refractivity contribution in [3.63, 3.8) is 0 Å². The maximum absolute atomic E-state index is 11.8. The fourth-order valence-corrected chi connectivity index (χ4v) is 2.74. The van der Waals surface area contributed by atoms with Crippen LogP contribution in [0.15, 0.2) is 12.7 Å². The summed E-state index contributed by atoms with van der Waals surface area (Å²) in [6.07, 6.45) is 8.17. The molecule has 0 fully saturated rings. The topological polar surface area (TPSA) is 110 Å². The zero-order valence-electron chi connectivity index (χ0n) is 15.9. The van der Waals surface area contributed by atoms with Crippen LogP contribution in [0.4, 0.5) is 0 Å². The zero-order chi connectivity index (χ0) is 19.1. The second kappa shape index (κ2) is 16.7. The first-order chi connectivity index (χ1) is 11.8. The molecular formula is C17H29NaO7S. The summed E-state index contributed by atoms with van der Waals surface area (Å²) in [4.78, 5) is 23.3. The summed E-state index contributed by atoms with van der Waals surface area (Å²) >= 11 is 0. The summed E-state index contributed by atoms with van der Waals surface area (Å²) in [6, 6.07) is 0. The average molecular weight is 400 g/mol. The van der Waals surface area contributed by atoms with Crippen LogP contribution >= 0.6 is 0 Å². The van der Waals surface area contributed by atoms with Gasteiger partial charge in [0.2, 0.25) is 0 Å². The van der Waals surface area contributed by atoms with E-state index < -0.39 is 33.7 Å². The fraction of sp³-hybridized carbons (Fsp3) is 0.765. The molecule has 146 valence electrons. The third-order valence-electron chi connectivity index (χ3n) is 3.54. The first kappa shape index (κ1) is 27.8. The molecule has 1 atom stereocenters. The van der Waals surface area contributed by atoms with E-state index in [4.69, 9.17) is 9.47 Å². The molecule has 7 nitrogen and oxygen atoms in total. The molecule has 0 aliphatic rings. The Kier molecular flexibility index (Phi) is 17.9. The first-order valence-electron chi connectivity index (χ1n) is 8.70. The van der Waals surface area contributed by atoms with Crippen LogP contribution in [0, 0.1) is 0 Å². The SMILES string of the molecule is C=CCCOC(=O)CC(C(=O)OCCCCCCCCC)S(=O)(=O)[O-].[Na+]. The van der Waals surface area contributed by atoms with Gasteiger partial charge in [-0.15, -0.1) is 6.58 Å². The van der Waals surface area contributed by atoms with Crippen molar-refractivity contribution < 1.29 is 61.6 Å². The number of carbonyl (C=O) groups excluding carboxylic acids is 2. The van der Waals surface area contributed by atoms with Gasteiger partial charge in [0.25, 0.3) is 0 Å². The minimum Gasteiger partial charge on any atom is -0.747 e. The number of hydrogen-bond donors (Lipinski definition) is 0. The van der Waals surface area contributed by atoms with Crippen molar-refractivity contribution in [3.8, 4) is 0 Å². The van der Waals surface area contributed by atoms with Gasteiger partial charge in [0.15, 0.2) is 5.25 Å². The summed E-state index contributed by atoms with van der Waals surface area (Å²) in [5.74, 6) is -2.12. The summed E-state index contributed by atoms with van der Waals surface area (Å²) < 4.78 is 43.2. The van der Waals surface area contributed by atoms with Gasteiger partial charge in [0, 0.05) is 0 Å². The quantitative estimate of drug-likeness (QED) is 0.122. The van der Waals surface area contributed by atoms with Gasteiger partial charge in [0.1, 0.15) is 10.1 Å². The maximum atomic E-state index is 11.8. The minimum atomic E-state index is -4.99. The van der Waals surface area contributed by atoms with Crippen LogP contribution in [-0.4, -0.2) is 43.4 Å². The largest absolute Gasteiger partial charge is 1.00 e. The van der Waals surface area contributed by atoms with E-state index >= 15 is 0 Å². The van der Waals surface area contributed by atoms with Crippen molar-refractivity contribution in [2.24, 2.45) is 0 Å². The van der Waals surface area contributed by atoms with Gasteiger partial charge in [-0.1, -0.05) is 51.5 Å². The van der Waals surface area contributed by atoms with Crippen LogP contribution < -0.4 is 29.6 Å². The molecule has 0 amide bonds. The molecule has 26 heavy (non-hydrogen) atoms. The molecule has 0 aliphatic heterocycles. The Morgan fingerprint density at radius 1 is 1.04 bits per heavy atom. The third-order valence-corrected chi connectivity index (χ3v) is 4.60. The molecule has 0 saturated carbocycles. The molecule has 0 saturated heterocycles. The van der Waals surface area contributed by atoms with E-state index in [9.17, 15) is 22.6 Å². The van der Waals surface area contributed by atoms with Crippen molar-refractivity contribution in [2.75, 3.05) is 13.2 Å². The molecule has 0 rings (SSSR count). The normalized spacial score (nSPS) is 11.9. The van der Waals surface area contributed by atoms with E-state index in [1.807, 2.05) is 0 Å². The standard InChI is InChI=1S/C17H30O7S.Na/c1-3-5-7-8-9-10-11-13-24-17(19)15(25(20,21)22)14-16(18)23-12-6-4-2;/h4,15H,2-3,5-14H2,1H3,(H,20,21,22);/q;+1/p-1. The Morgan fingerprint density at radius 2 is 1.62 bits per heavy atom. The molecule has 0 aromatic rings. The van der Waals surface area contributed by atoms with Gasteiger partial charge in [-0.05, 0) is 12.8 Å². The number of rotatable bonds is 15. The fourth-order valence-electron chi connectivity index (χ4n) is 2.09. The Hall–Kier alpha value is -0.410. The number of ether oxygens (including phenoxy) is 2. The van der Waals surface area contributed by atoms with Crippen molar-refractivity contribution >= 4 is 22.1 Å². The Balaban J connectivity index is 0. The molecule has 1 unspecified atom stereocenters. The Morgan fingerprint density at radius 3 is 2.15 bits per heavy atom. The predicted molar refractivity (Wildman–Crippen MR) is 92.8 cm³/mol. The van der Waals surface area contributed by atoms with Crippen molar-refractivity contribution in [3.05, 3.63) is 12.7 Å². The van der Waals surface area contributed by atoms with Crippen LogP contribution in [0.25, 0.3) is 0 Å². The van der Waals surface area contributed by atoms with Gasteiger partial charge in [-0.3, -0.25) is 9.59 Å². The first-order valence-corrected chi connectivity index (χ1v) is 10.2. The average Bonchev–Trinajstić information content (AvgIpc) is 2.54. The van der Waals surface area contributed by atoms with Crippen molar-refractivity contribution in [2.45, 2.75) is 70.0 Å². The molecule has 0 spiro atoms. The second-order valence-corrected chi connectivity index (χ2v) is 7.33. The Labute approximate surface area is 178 Å². The monoisotopic (exact) mass is 400 g/mol.